The third kappa shape index (κ3) is 5.78. The van der Waals surface area contributed by atoms with Crippen LogP contribution in [0.1, 0.15) is 32.4 Å². The highest BCUT2D eigenvalue weighted by Crippen LogP contribution is 2.14. The summed E-state index contributed by atoms with van der Waals surface area (Å²) in [5.74, 6) is 0. The summed E-state index contributed by atoms with van der Waals surface area (Å²) in [5, 5.41) is 3.22. The van der Waals surface area contributed by atoms with Crippen molar-refractivity contribution in [3.8, 4) is 0 Å². The first-order valence-corrected chi connectivity index (χ1v) is 8.91. The van der Waals surface area contributed by atoms with E-state index in [9.17, 15) is 8.42 Å². The molecule has 0 radical (unpaired) electrons. The number of unbranched alkanes of at least 4 members (excludes halogenated alkanes) is 1. The quantitative estimate of drug-likeness (QED) is 0.604. The van der Waals surface area contributed by atoms with Gasteiger partial charge in [0.05, 0.1) is 4.90 Å². The highest BCUT2D eigenvalue weighted by Gasteiger charge is 2.17. The van der Waals surface area contributed by atoms with Crippen molar-refractivity contribution in [3.63, 3.8) is 0 Å². The molecule has 0 aliphatic carbocycles. The lowest BCUT2D eigenvalue weighted by molar-refractivity contribution is 0.193. The molecule has 1 aromatic rings. The summed E-state index contributed by atoms with van der Waals surface area (Å²) in [4.78, 5) is 0.337. The summed E-state index contributed by atoms with van der Waals surface area (Å²) < 4.78 is 34.0. The molecule has 7 heteroatoms. The van der Waals surface area contributed by atoms with Gasteiger partial charge < -0.3 is 14.6 Å². The minimum absolute atomic E-state index is 0.337. The Balaban J connectivity index is 2.67. The van der Waals surface area contributed by atoms with Gasteiger partial charge in [-0.25, -0.2) is 13.1 Å². The zero-order valence-electron chi connectivity index (χ0n) is 13.2. The maximum Gasteiger partial charge on any atom is 0.242 e. The average Bonchev–Trinajstić information content (AvgIpc) is 2.89. The largest absolute Gasteiger partial charge is 0.385 e. The molecule has 0 fully saturated rings. The van der Waals surface area contributed by atoms with Crippen molar-refractivity contribution in [2.24, 2.45) is 0 Å². The van der Waals surface area contributed by atoms with Gasteiger partial charge in [0.25, 0.3) is 0 Å². The molecule has 0 bridgehead atoms. The fourth-order valence-corrected chi connectivity index (χ4v) is 3.17. The van der Waals surface area contributed by atoms with Crippen LogP contribution in [-0.2, 0) is 27.8 Å². The Labute approximate surface area is 127 Å². The third-order valence-corrected chi connectivity index (χ3v) is 4.66. The average molecular weight is 317 g/mol. The molecule has 21 heavy (non-hydrogen) atoms. The van der Waals surface area contributed by atoms with Gasteiger partial charge in [-0.05, 0) is 32.4 Å². The van der Waals surface area contributed by atoms with E-state index in [4.69, 9.17) is 4.74 Å². The van der Waals surface area contributed by atoms with Crippen molar-refractivity contribution >= 4 is 10.0 Å². The molecular weight excluding hydrogens is 290 g/mol. The second kappa shape index (κ2) is 9.19. The highest BCUT2D eigenvalue weighted by molar-refractivity contribution is 7.89. The van der Waals surface area contributed by atoms with Crippen LogP contribution in [0.4, 0.5) is 0 Å². The van der Waals surface area contributed by atoms with Crippen LogP contribution < -0.4 is 10.0 Å². The highest BCUT2D eigenvalue weighted by atomic mass is 32.2. The number of sulfonamides is 1. The van der Waals surface area contributed by atoms with Gasteiger partial charge in [-0.15, -0.1) is 0 Å². The number of nitrogens with zero attached hydrogens (tertiary/aromatic N) is 1. The molecule has 6 nitrogen and oxygen atoms in total. The van der Waals surface area contributed by atoms with E-state index in [0.717, 1.165) is 31.6 Å². The molecular formula is C14H27N3O3S. The van der Waals surface area contributed by atoms with Crippen molar-refractivity contribution in [3.05, 3.63) is 18.0 Å². The number of aromatic nitrogens is 1. The summed E-state index contributed by atoms with van der Waals surface area (Å²) in [6, 6.07) is 1.74. The first-order chi connectivity index (χ1) is 10.0. The Morgan fingerprint density at radius 3 is 2.67 bits per heavy atom. The summed E-state index contributed by atoms with van der Waals surface area (Å²) >= 11 is 0. The Morgan fingerprint density at radius 2 is 2.05 bits per heavy atom. The lowest BCUT2D eigenvalue weighted by Gasteiger charge is -2.05. The minimum atomic E-state index is -3.42. The van der Waals surface area contributed by atoms with E-state index in [1.165, 1.54) is 0 Å². The summed E-state index contributed by atoms with van der Waals surface area (Å²) in [6.45, 7) is 7.40. The SMILES string of the molecule is CCNCc1cc(S(=O)(=O)NCCCCOC)cn1CC. The first kappa shape index (κ1) is 18.2. The Kier molecular flexibility index (Phi) is 7.95. The second-order valence-electron chi connectivity index (χ2n) is 4.83. The van der Waals surface area contributed by atoms with Crippen LogP contribution in [-0.4, -0.2) is 39.8 Å². The summed E-state index contributed by atoms with van der Waals surface area (Å²) in [6.07, 6.45) is 3.32. The number of ether oxygens (including phenoxy) is 1. The van der Waals surface area contributed by atoms with Crippen LogP contribution in [0.2, 0.25) is 0 Å². The van der Waals surface area contributed by atoms with Gasteiger partial charge in [-0.1, -0.05) is 6.92 Å². The molecule has 0 atom stereocenters. The molecule has 0 saturated heterocycles. The number of methoxy groups -OCH3 is 1. The van der Waals surface area contributed by atoms with Crippen molar-refractivity contribution < 1.29 is 13.2 Å². The van der Waals surface area contributed by atoms with E-state index in [1.54, 1.807) is 19.4 Å². The number of aryl methyl sites for hydroxylation is 1. The summed E-state index contributed by atoms with van der Waals surface area (Å²) in [5.41, 5.74) is 0.985. The number of hydrogen-bond donors (Lipinski definition) is 2. The Morgan fingerprint density at radius 1 is 1.29 bits per heavy atom. The predicted molar refractivity (Wildman–Crippen MR) is 83.8 cm³/mol. The Bertz CT molecular complexity index is 512. The number of rotatable bonds is 11. The van der Waals surface area contributed by atoms with Crippen LogP contribution in [0.5, 0.6) is 0 Å². The maximum atomic E-state index is 12.2. The van der Waals surface area contributed by atoms with Crippen LogP contribution in [0.15, 0.2) is 17.2 Å². The molecule has 0 aliphatic heterocycles. The van der Waals surface area contributed by atoms with Crippen molar-refractivity contribution in [1.82, 2.24) is 14.6 Å². The minimum Gasteiger partial charge on any atom is -0.385 e. The van der Waals surface area contributed by atoms with E-state index in [0.29, 0.717) is 24.6 Å². The first-order valence-electron chi connectivity index (χ1n) is 7.43. The van der Waals surface area contributed by atoms with Gasteiger partial charge >= 0.3 is 0 Å². The number of nitrogens with one attached hydrogen (secondary N) is 2. The van der Waals surface area contributed by atoms with E-state index in [1.807, 2.05) is 18.4 Å². The van der Waals surface area contributed by atoms with Gasteiger partial charge in [0.1, 0.15) is 0 Å². The van der Waals surface area contributed by atoms with Crippen molar-refractivity contribution in [2.75, 3.05) is 26.8 Å². The zero-order valence-corrected chi connectivity index (χ0v) is 14.0. The molecule has 0 aromatic carbocycles. The molecule has 122 valence electrons. The van der Waals surface area contributed by atoms with Crippen LogP contribution in [0.3, 0.4) is 0 Å². The van der Waals surface area contributed by atoms with Gasteiger partial charge in [-0.2, -0.15) is 0 Å². The summed E-state index contributed by atoms with van der Waals surface area (Å²) in [7, 11) is -1.78. The molecule has 0 saturated carbocycles. The maximum absolute atomic E-state index is 12.2. The van der Waals surface area contributed by atoms with Crippen molar-refractivity contribution in [2.45, 2.75) is 44.7 Å². The fraction of sp³-hybridized carbons (Fsp3) is 0.714. The smallest absolute Gasteiger partial charge is 0.242 e. The standard InChI is InChI=1S/C14H27N3O3S/c1-4-15-11-13-10-14(12-17(13)5-2)21(18,19)16-8-6-7-9-20-3/h10,12,15-16H,4-9,11H2,1-3H3. The van der Waals surface area contributed by atoms with Crippen LogP contribution >= 0.6 is 0 Å². The predicted octanol–water partition coefficient (Wildman–Crippen LogP) is 1.32. The normalized spacial score (nSPS) is 12.0. The fourth-order valence-electron chi connectivity index (χ4n) is 2.03. The molecule has 0 amide bonds. The van der Waals surface area contributed by atoms with Gasteiger partial charge in [0.2, 0.25) is 10.0 Å². The van der Waals surface area contributed by atoms with Crippen LogP contribution in [0, 0.1) is 0 Å². The molecule has 1 heterocycles. The monoisotopic (exact) mass is 317 g/mol. The Hall–Kier alpha value is -0.890. The van der Waals surface area contributed by atoms with Gasteiger partial charge in [-0.3, -0.25) is 0 Å². The lowest BCUT2D eigenvalue weighted by atomic mass is 10.3. The molecule has 2 N–H and O–H groups in total. The van der Waals surface area contributed by atoms with Crippen molar-refractivity contribution in [1.29, 1.82) is 0 Å². The van der Waals surface area contributed by atoms with E-state index in [2.05, 4.69) is 10.0 Å². The van der Waals surface area contributed by atoms with E-state index < -0.39 is 10.0 Å². The molecule has 1 aromatic heterocycles. The van der Waals surface area contributed by atoms with Gasteiger partial charge in [0, 0.05) is 45.2 Å². The van der Waals surface area contributed by atoms with E-state index in [-0.39, 0.29) is 0 Å². The second-order valence-corrected chi connectivity index (χ2v) is 6.60. The number of hydrogen-bond acceptors (Lipinski definition) is 4. The molecule has 0 aliphatic rings. The molecule has 1 rings (SSSR count). The lowest BCUT2D eigenvalue weighted by Crippen LogP contribution is -2.24. The molecule has 0 unspecified atom stereocenters. The third-order valence-electron chi connectivity index (χ3n) is 3.24. The molecule has 0 spiro atoms. The van der Waals surface area contributed by atoms with Gasteiger partial charge in [0.15, 0.2) is 0 Å². The van der Waals surface area contributed by atoms with E-state index >= 15 is 0 Å². The zero-order chi connectivity index (χ0) is 15.7. The topological polar surface area (TPSA) is 72.4 Å². The van der Waals surface area contributed by atoms with Crippen LogP contribution in [0.25, 0.3) is 0 Å².